The Labute approximate surface area is 108 Å². The maximum atomic E-state index is 12.1. The molecule has 18 heavy (non-hydrogen) atoms. The molecule has 0 saturated heterocycles. The van der Waals surface area contributed by atoms with Crippen molar-refractivity contribution in [2.75, 3.05) is 0 Å². The fourth-order valence-electron chi connectivity index (χ4n) is 3.20. The van der Waals surface area contributed by atoms with E-state index in [-0.39, 0.29) is 23.8 Å². The van der Waals surface area contributed by atoms with Gasteiger partial charge in [-0.25, -0.2) is 0 Å². The summed E-state index contributed by atoms with van der Waals surface area (Å²) in [5.74, 6) is -0.657. The van der Waals surface area contributed by atoms with E-state index in [9.17, 15) is 9.59 Å². The van der Waals surface area contributed by atoms with Crippen LogP contribution in [-0.2, 0) is 9.59 Å². The van der Waals surface area contributed by atoms with Gasteiger partial charge in [-0.1, -0.05) is 25.7 Å². The van der Waals surface area contributed by atoms with Gasteiger partial charge in [-0.3, -0.25) is 9.59 Å². The molecular formula is C14H23NO3. The summed E-state index contributed by atoms with van der Waals surface area (Å²) >= 11 is 0. The van der Waals surface area contributed by atoms with E-state index in [0.29, 0.717) is 12.8 Å². The summed E-state index contributed by atoms with van der Waals surface area (Å²) in [6.07, 6.45) is 8.92. The third kappa shape index (κ3) is 3.47. The van der Waals surface area contributed by atoms with Gasteiger partial charge < -0.3 is 10.4 Å². The molecule has 2 saturated carbocycles. The minimum absolute atomic E-state index is 0.0850. The van der Waals surface area contributed by atoms with Crippen LogP contribution < -0.4 is 5.32 Å². The lowest BCUT2D eigenvalue weighted by Gasteiger charge is -2.18. The Morgan fingerprint density at radius 2 is 1.56 bits per heavy atom. The van der Waals surface area contributed by atoms with E-state index in [4.69, 9.17) is 5.11 Å². The van der Waals surface area contributed by atoms with E-state index in [1.165, 1.54) is 12.8 Å². The van der Waals surface area contributed by atoms with E-state index in [1.54, 1.807) is 0 Å². The molecule has 0 bridgehead atoms. The van der Waals surface area contributed by atoms with Crippen LogP contribution in [0.5, 0.6) is 0 Å². The molecule has 0 aromatic heterocycles. The van der Waals surface area contributed by atoms with Gasteiger partial charge in [-0.2, -0.15) is 0 Å². The second-order valence-corrected chi connectivity index (χ2v) is 5.74. The molecule has 2 fully saturated rings. The van der Waals surface area contributed by atoms with Gasteiger partial charge in [0, 0.05) is 12.0 Å². The molecule has 0 aromatic carbocycles. The Kier molecular flexibility index (Phi) is 4.61. The first-order valence-corrected chi connectivity index (χ1v) is 7.20. The molecule has 0 spiro atoms. The van der Waals surface area contributed by atoms with Crippen molar-refractivity contribution in [3.05, 3.63) is 0 Å². The molecule has 2 aliphatic rings. The van der Waals surface area contributed by atoms with Gasteiger partial charge in [-0.15, -0.1) is 0 Å². The summed E-state index contributed by atoms with van der Waals surface area (Å²) in [6.45, 7) is 0. The van der Waals surface area contributed by atoms with Crippen LogP contribution in [0.4, 0.5) is 0 Å². The number of hydrogen-bond acceptors (Lipinski definition) is 2. The number of aliphatic carboxylic acids is 1. The van der Waals surface area contributed by atoms with Crippen molar-refractivity contribution < 1.29 is 14.7 Å². The van der Waals surface area contributed by atoms with Crippen LogP contribution in [0.15, 0.2) is 0 Å². The standard InChI is InChI=1S/C14H23NO3/c16-13(10-5-3-1-2-4-6-10)15-12-8-7-11(9-12)14(17)18/h10-12H,1-9H2,(H,15,16)(H,17,18)/t11-,12+/m0/s1. The highest BCUT2D eigenvalue weighted by Gasteiger charge is 2.31. The third-order valence-electron chi connectivity index (χ3n) is 4.35. The fourth-order valence-corrected chi connectivity index (χ4v) is 3.20. The predicted octanol–water partition coefficient (Wildman–Crippen LogP) is 2.33. The maximum absolute atomic E-state index is 12.1. The van der Waals surface area contributed by atoms with E-state index >= 15 is 0 Å². The molecule has 0 radical (unpaired) electrons. The van der Waals surface area contributed by atoms with Crippen LogP contribution in [0, 0.1) is 11.8 Å². The van der Waals surface area contributed by atoms with Crippen molar-refractivity contribution in [1.29, 1.82) is 0 Å². The first-order valence-electron chi connectivity index (χ1n) is 7.20. The van der Waals surface area contributed by atoms with Crippen molar-refractivity contribution in [3.63, 3.8) is 0 Å². The molecule has 2 rings (SSSR count). The van der Waals surface area contributed by atoms with Crippen LogP contribution >= 0.6 is 0 Å². The van der Waals surface area contributed by atoms with Crippen LogP contribution in [0.25, 0.3) is 0 Å². The fraction of sp³-hybridized carbons (Fsp3) is 0.857. The Balaban J connectivity index is 1.78. The first kappa shape index (κ1) is 13.4. The van der Waals surface area contributed by atoms with Crippen LogP contribution in [0.1, 0.15) is 57.8 Å². The molecule has 2 atom stereocenters. The number of carbonyl (C=O) groups is 2. The molecule has 4 nitrogen and oxygen atoms in total. The van der Waals surface area contributed by atoms with Gasteiger partial charge in [-0.05, 0) is 32.1 Å². The van der Waals surface area contributed by atoms with E-state index in [1.807, 2.05) is 0 Å². The molecule has 0 aliphatic heterocycles. The van der Waals surface area contributed by atoms with E-state index in [0.717, 1.165) is 32.1 Å². The largest absolute Gasteiger partial charge is 0.481 e. The molecule has 0 heterocycles. The zero-order valence-corrected chi connectivity index (χ0v) is 10.9. The lowest BCUT2D eigenvalue weighted by atomic mass is 9.99. The van der Waals surface area contributed by atoms with Gasteiger partial charge in [0.05, 0.1) is 5.92 Å². The van der Waals surface area contributed by atoms with Gasteiger partial charge in [0.25, 0.3) is 0 Å². The lowest BCUT2D eigenvalue weighted by molar-refractivity contribution is -0.141. The van der Waals surface area contributed by atoms with Crippen molar-refractivity contribution in [1.82, 2.24) is 5.32 Å². The topological polar surface area (TPSA) is 66.4 Å². The van der Waals surface area contributed by atoms with Crippen LogP contribution in [0.3, 0.4) is 0 Å². The number of nitrogens with one attached hydrogen (secondary N) is 1. The molecular weight excluding hydrogens is 230 g/mol. The number of carboxylic acid groups (broad SMARTS) is 1. The predicted molar refractivity (Wildman–Crippen MR) is 68.1 cm³/mol. The Morgan fingerprint density at radius 1 is 0.889 bits per heavy atom. The maximum Gasteiger partial charge on any atom is 0.306 e. The van der Waals surface area contributed by atoms with E-state index in [2.05, 4.69) is 5.32 Å². The minimum atomic E-state index is -0.721. The van der Waals surface area contributed by atoms with Gasteiger partial charge in [0.1, 0.15) is 0 Å². The summed E-state index contributed by atoms with van der Waals surface area (Å²) in [5.41, 5.74) is 0. The smallest absolute Gasteiger partial charge is 0.306 e. The number of amides is 1. The summed E-state index contributed by atoms with van der Waals surface area (Å²) in [6, 6.07) is 0.0850. The highest BCUT2D eigenvalue weighted by atomic mass is 16.4. The summed E-state index contributed by atoms with van der Waals surface area (Å²) < 4.78 is 0. The lowest BCUT2D eigenvalue weighted by Crippen LogP contribution is -2.37. The van der Waals surface area contributed by atoms with Crippen molar-refractivity contribution in [2.45, 2.75) is 63.8 Å². The van der Waals surface area contributed by atoms with Gasteiger partial charge in [0.2, 0.25) is 5.91 Å². The second-order valence-electron chi connectivity index (χ2n) is 5.74. The molecule has 1 amide bonds. The summed E-state index contributed by atoms with van der Waals surface area (Å²) in [4.78, 5) is 23.0. The molecule has 0 unspecified atom stereocenters. The summed E-state index contributed by atoms with van der Waals surface area (Å²) in [7, 11) is 0. The zero-order valence-electron chi connectivity index (χ0n) is 10.9. The number of carbonyl (C=O) groups excluding carboxylic acids is 1. The molecule has 2 aliphatic carbocycles. The monoisotopic (exact) mass is 253 g/mol. The molecule has 2 N–H and O–H groups in total. The number of hydrogen-bond donors (Lipinski definition) is 2. The zero-order chi connectivity index (χ0) is 13.0. The second kappa shape index (κ2) is 6.21. The minimum Gasteiger partial charge on any atom is -0.481 e. The average molecular weight is 253 g/mol. The summed E-state index contributed by atoms with van der Waals surface area (Å²) in [5, 5.41) is 12.0. The van der Waals surface area contributed by atoms with Crippen LogP contribution in [0.2, 0.25) is 0 Å². The normalized spacial score (nSPS) is 29.8. The van der Waals surface area contributed by atoms with E-state index < -0.39 is 5.97 Å². The molecule has 102 valence electrons. The SMILES string of the molecule is O=C(N[C@@H]1CC[C@H](C(=O)O)C1)C1CCCCCC1. The quantitative estimate of drug-likeness (QED) is 0.759. The molecule has 0 aromatic rings. The third-order valence-corrected chi connectivity index (χ3v) is 4.35. The first-order chi connectivity index (χ1) is 8.66. The van der Waals surface area contributed by atoms with Gasteiger partial charge >= 0.3 is 5.97 Å². The number of carboxylic acids is 1. The van der Waals surface area contributed by atoms with Crippen molar-refractivity contribution in [2.24, 2.45) is 11.8 Å². The molecule has 4 heteroatoms. The highest BCUT2D eigenvalue weighted by Crippen LogP contribution is 2.27. The van der Waals surface area contributed by atoms with Crippen molar-refractivity contribution in [3.8, 4) is 0 Å². The van der Waals surface area contributed by atoms with Crippen LogP contribution in [-0.4, -0.2) is 23.0 Å². The average Bonchev–Trinajstić information content (AvgIpc) is 2.64. The van der Waals surface area contributed by atoms with Gasteiger partial charge in [0.15, 0.2) is 0 Å². The Hall–Kier alpha value is -1.06. The Morgan fingerprint density at radius 3 is 2.11 bits per heavy atom. The number of rotatable bonds is 3. The van der Waals surface area contributed by atoms with Crippen molar-refractivity contribution >= 4 is 11.9 Å². The highest BCUT2D eigenvalue weighted by molar-refractivity contribution is 5.79. The Bertz CT molecular complexity index is 308.